The Bertz CT molecular complexity index is 1370. The van der Waals surface area contributed by atoms with E-state index in [2.05, 4.69) is 86.8 Å². The molecular formula is C54H87NO7. The zero-order chi connectivity index (χ0) is 45.6. The first kappa shape index (κ1) is 58.0. The van der Waals surface area contributed by atoms with Gasteiger partial charge in [-0.1, -0.05) is 181 Å². The third-order valence-electron chi connectivity index (χ3n) is 10.0. The summed E-state index contributed by atoms with van der Waals surface area (Å²) < 4.78 is 17.2. The molecule has 0 bridgehead atoms. The quantitative estimate of drug-likeness (QED) is 0.0198. The zero-order valence-corrected chi connectivity index (χ0v) is 39.7. The molecule has 0 heterocycles. The number of hydrogen-bond donors (Lipinski definition) is 0. The Labute approximate surface area is 378 Å². The van der Waals surface area contributed by atoms with Crippen LogP contribution in [0.15, 0.2) is 109 Å². The second-order valence-electron chi connectivity index (χ2n) is 16.7. The number of quaternary nitrogens is 1. The number of carboxylic acid groups (broad SMARTS) is 1. The Hall–Kier alpha value is -4.01. The van der Waals surface area contributed by atoms with Gasteiger partial charge >= 0.3 is 11.9 Å². The summed E-state index contributed by atoms with van der Waals surface area (Å²) in [5.74, 6) is -1.80. The number of hydrogen-bond acceptors (Lipinski definition) is 7. The highest BCUT2D eigenvalue weighted by Gasteiger charge is 2.25. The second-order valence-corrected chi connectivity index (χ2v) is 16.7. The van der Waals surface area contributed by atoms with E-state index in [1.54, 1.807) is 21.1 Å². The Balaban J connectivity index is 4.39. The van der Waals surface area contributed by atoms with Crippen molar-refractivity contribution in [3.8, 4) is 0 Å². The van der Waals surface area contributed by atoms with Gasteiger partial charge in [-0.05, 0) is 70.6 Å². The van der Waals surface area contributed by atoms with Crippen LogP contribution >= 0.6 is 0 Å². The largest absolute Gasteiger partial charge is 0.544 e. The average molecular weight is 862 g/mol. The van der Waals surface area contributed by atoms with Crippen LogP contribution in [-0.2, 0) is 28.6 Å². The number of carbonyl (C=O) groups is 3. The lowest BCUT2D eigenvalue weighted by molar-refractivity contribution is -0.889. The number of likely N-dealkylation sites (N-methyl/N-ethyl adjacent to an activating group) is 1. The van der Waals surface area contributed by atoms with E-state index in [4.69, 9.17) is 14.2 Å². The normalized spacial score (nSPS) is 13.9. The van der Waals surface area contributed by atoms with Gasteiger partial charge in [-0.3, -0.25) is 9.59 Å². The van der Waals surface area contributed by atoms with E-state index in [0.717, 1.165) is 103 Å². The fraction of sp³-hybridized carbons (Fsp3) is 0.611. The van der Waals surface area contributed by atoms with Gasteiger partial charge in [0, 0.05) is 19.3 Å². The highest BCUT2D eigenvalue weighted by Crippen LogP contribution is 2.13. The third-order valence-corrected chi connectivity index (χ3v) is 10.0. The molecule has 62 heavy (non-hydrogen) atoms. The van der Waals surface area contributed by atoms with Gasteiger partial charge in [-0.25, -0.2) is 0 Å². The molecule has 0 spiro atoms. The summed E-state index contributed by atoms with van der Waals surface area (Å²) >= 11 is 0. The SMILES string of the molecule is CC/C=C/C/C=C/C/C=C/C/C=C/CCCCCCCCCC(=O)OCC(COCCC(C(=O)[O-])[N+](C)(C)C)OC(=O)CCCCCCC/C=C/C=C/C=C/C=C/C=C/CCC. The summed E-state index contributed by atoms with van der Waals surface area (Å²) in [6.45, 7) is 4.40. The zero-order valence-electron chi connectivity index (χ0n) is 39.7. The molecule has 0 aromatic heterocycles. The van der Waals surface area contributed by atoms with Gasteiger partial charge in [0.15, 0.2) is 6.10 Å². The molecule has 2 atom stereocenters. The molecule has 0 aromatic carbocycles. The predicted octanol–water partition coefficient (Wildman–Crippen LogP) is 12.3. The highest BCUT2D eigenvalue weighted by atomic mass is 16.6. The highest BCUT2D eigenvalue weighted by molar-refractivity contribution is 5.70. The van der Waals surface area contributed by atoms with Crippen molar-refractivity contribution < 1.29 is 38.2 Å². The lowest BCUT2D eigenvalue weighted by Crippen LogP contribution is -2.55. The summed E-state index contributed by atoms with van der Waals surface area (Å²) in [4.78, 5) is 37.0. The van der Waals surface area contributed by atoms with E-state index in [-0.39, 0.29) is 49.1 Å². The molecule has 0 amide bonds. The van der Waals surface area contributed by atoms with Crippen LogP contribution in [0.1, 0.15) is 162 Å². The smallest absolute Gasteiger partial charge is 0.306 e. The number of aliphatic carboxylic acids is 1. The molecule has 0 rings (SSSR count). The van der Waals surface area contributed by atoms with Gasteiger partial charge in [0.1, 0.15) is 12.6 Å². The van der Waals surface area contributed by atoms with Crippen molar-refractivity contribution in [2.75, 3.05) is 41.0 Å². The van der Waals surface area contributed by atoms with E-state index >= 15 is 0 Å². The molecule has 0 radical (unpaired) electrons. The van der Waals surface area contributed by atoms with Crippen molar-refractivity contribution >= 4 is 17.9 Å². The lowest BCUT2D eigenvalue weighted by Gasteiger charge is -2.34. The monoisotopic (exact) mass is 862 g/mol. The van der Waals surface area contributed by atoms with Crippen LogP contribution in [0.25, 0.3) is 0 Å². The third kappa shape index (κ3) is 41.3. The number of unbranched alkanes of at least 4 members (excludes halogenated alkanes) is 13. The van der Waals surface area contributed by atoms with Crippen LogP contribution in [-0.4, -0.2) is 75.5 Å². The molecule has 0 aliphatic heterocycles. The van der Waals surface area contributed by atoms with Crippen LogP contribution in [0.3, 0.4) is 0 Å². The van der Waals surface area contributed by atoms with Crippen molar-refractivity contribution in [1.82, 2.24) is 0 Å². The minimum atomic E-state index is -1.14. The van der Waals surface area contributed by atoms with E-state index in [1.807, 2.05) is 36.5 Å². The van der Waals surface area contributed by atoms with E-state index in [0.29, 0.717) is 6.42 Å². The first-order valence-electron chi connectivity index (χ1n) is 24.0. The maximum atomic E-state index is 12.8. The average Bonchev–Trinajstić information content (AvgIpc) is 3.23. The number of allylic oxidation sites excluding steroid dienone is 18. The summed E-state index contributed by atoms with van der Waals surface area (Å²) in [5, 5.41) is 11.7. The van der Waals surface area contributed by atoms with Crippen LogP contribution in [0.4, 0.5) is 0 Å². The molecular weight excluding hydrogens is 775 g/mol. The first-order valence-corrected chi connectivity index (χ1v) is 24.0. The predicted molar refractivity (Wildman–Crippen MR) is 258 cm³/mol. The molecule has 0 aliphatic carbocycles. The summed E-state index contributed by atoms with van der Waals surface area (Å²) in [6.07, 6.45) is 59.6. The van der Waals surface area contributed by atoms with Crippen LogP contribution in [0.5, 0.6) is 0 Å². The van der Waals surface area contributed by atoms with Crippen molar-refractivity contribution in [2.45, 2.75) is 174 Å². The number of carboxylic acids is 1. The molecule has 0 aliphatic rings. The Morgan fingerprint density at radius 1 is 0.516 bits per heavy atom. The molecule has 8 nitrogen and oxygen atoms in total. The van der Waals surface area contributed by atoms with Crippen LogP contribution in [0.2, 0.25) is 0 Å². The van der Waals surface area contributed by atoms with Gasteiger partial charge < -0.3 is 28.6 Å². The molecule has 8 heteroatoms. The minimum Gasteiger partial charge on any atom is -0.544 e. The van der Waals surface area contributed by atoms with Gasteiger partial charge in [0.2, 0.25) is 0 Å². The number of rotatable bonds is 41. The van der Waals surface area contributed by atoms with E-state index in [9.17, 15) is 19.5 Å². The Morgan fingerprint density at radius 2 is 0.968 bits per heavy atom. The fourth-order valence-electron chi connectivity index (χ4n) is 6.33. The topological polar surface area (TPSA) is 102 Å². The Kier molecular flexibility index (Phi) is 40.8. The number of esters is 2. The molecule has 0 fully saturated rings. The van der Waals surface area contributed by atoms with E-state index < -0.39 is 18.1 Å². The molecule has 350 valence electrons. The molecule has 0 saturated carbocycles. The summed E-state index contributed by atoms with van der Waals surface area (Å²) in [6, 6.07) is -0.740. The van der Waals surface area contributed by atoms with E-state index in [1.165, 1.54) is 25.7 Å². The second kappa shape index (κ2) is 43.6. The molecule has 2 unspecified atom stereocenters. The number of carbonyl (C=O) groups excluding carboxylic acids is 3. The van der Waals surface area contributed by atoms with Gasteiger partial charge in [-0.2, -0.15) is 0 Å². The molecule has 0 N–H and O–H groups in total. The summed E-state index contributed by atoms with van der Waals surface area (Å²) in [5.41, 5.74) is 0. The summed E-state index contributed by atoms with van der Waals surface area (Å²) in [7, 11) is 5.38. The maximum Gasteiger partial charge on any atom is 0.306 e. The van der Waals surface area contributed by atoms with Crippen LogP contribution in [0, 0.1) is 0 Å². The standard InChI is InChI=1S/C54H87NO7/c1-6-8-10-12-14-16-18-20-22-24-26-27-29-30-32-34-36-38-40-42-44-52(56)61-49-50(48-60-47-46-51(54(58)59)55(3,4)5)62-53(57)45-43-41-39-37-35-33-31-28-25-23-21-19-17-15-13-11-9-7-2/h8,10-11,13-17,19-23,25-28,31,50-51H,6-7,9,12,18,24,29-30,32-49H2,1-5H3/b10-8+,13-11+,16-14+,17-15+,21-19+,22-20+,25-23+,27-26+,31-28+. The number of ether oxygens (including phenoxy) is 3. The number of nitrogens with zero attached hydrogens (tertiary/aromatic N) is 1. The van der Waals surface area contributed by atoms with Crippen molar-refractivity contribution in [2.24, 2.45) is 0 Å². The van der Waals surface area contributed by atoms with Crippen molar-refractivity contribution in [1.29, 1.82) is 0 Å². The van der Waals surface area contributed by atoms with Gasteiger partial charge in [-0.15, -0.1) is 0 Å². The van der Waals surface area contributed by atoms with Gasteiger partial charge in [0.05, 0.1) is 40.3 Å². The molecule has 0 saturated heterocycles. The van der Waals surface area contributed by atoms with Gasteiger partial charge in [0.25, 0.3) is 0 Å². The first-order chi connectivity index (χ1) is 30.1. The Morgan fingerprint density at radius 3 is 1.48 bits per heavy atom. The lowest BCUT2D eigenvalue weighted by atomic mass is 10.1. The minimum absolute atomic E-state index is 0.0188. The maximum absolute atomic E-state index is 12.8. The molecule has 0 aromatic rings. The fourth-order valence-corrected chi connectivity index (χ4v) is 6.33. The van der Waals surface area contributed by atoms with Crippen molar-refractivity contribution in [3.05, 3.63) is 109 Å². The van der Waals surface area contributed by atoms with Crippen molar-refractivity contribution in [3.63, 3.8) is 0 Å². The van der Waals surface area contributed by atoms with Crippen LogP contribution < -0.4 is 5.11 Å².